The predicted molar refractivity (Wildman–Crippen MR) is 53.7 cm³/mol. The average molecular weight is 189 g/mol. The molecule has 5 heteroatoms. The molecule has 1 rings (SSSR count). The molecule has 1 unspecified atom stereocenters. The summed E-state index contributed by atoms with van der Waals surface area (Å²) in [5.74, 6) is -0.990. The van der Waals surface area contributed by atoms with E-state index in [-0.39, 0.29) is 24.4 Å². The second-order valence-electron chi connectivity index (χ2n) is 2.90. The van der Waals surface area contributed by atoms with Gasteiger partial charge >= 0.3 is 24.8 Å². The molecule has 0 amide bonds. The van der Waals surface area contributed by atoms with E-state index in [9.17, 15) is 4.79 Å². The van der Waals surface area contributed by atoms with Gasteiger partial charge < -0.3 is 10.2 Å². The van der Waals surface area contributed by atoms with E-state index in [0.717, 1.165) is 0 Å². The van der Waals surface area contributed by atoms with Crippen LogP contribution in [0.3, 0.4) is 0 Å². The minimum atomic E-state index is -0.990. The molecule has 14 heavy (non-hydrogen) atoms. The van der Waals surface area contributed by atoms with Crippen LogP contribution in [0.25, 0.3) is 0 Å². The fraction of sp³-hybridized carbons (Fsp3) is 0.333. The number of aromatic nitrogens is 1. The number of pyridine rings is 1. The van der Waals surface area contributed by atoms with Gasteiger partial charge in [-0.05, 0) is 19.1 Å². The Kier molecular flexibility index (Phi) is 5.47. The van der Waals surface area contributed by atoms with Crippen LogP contribution in [-0.2, 0) is 6.42 Å². The molecule has 0 aliphatic rings. The molecule has 72 valence electrons. The third-order valence-electron chi connectivity index (χ3n) is 1.58. The molecule has 0 aliphatic heterocycles. The van der Waals surface area contributed by atoms with Gasteiger partial charge in [-0.2, -0.15) is 0 Å². The molecule has 0 fully saturated rings. The van der Waals surface area contributed by atoms with E-state index in [1.165, 1.54) is 12.3 Å². The van der Waals surface area contributed by atoms with E-state index in [1.807, 2.05) is 0 Å². The third kappa shape index (κ3) is 3.92. The van der Waals surface area contributed by atoms with Crippen molar-refractivity contribution in [1.82, 2.24) is 4.98 Å². The predicted octanol–water partition coefficient (Wildman–Crippen LogP) is 0.0546. The molecule has 0 spiro atoms. The summed E-state index contributed by atoms with van der Waals surface area (Å²) in [6.07, 6.45) is 1.28. The molecule has 1 atom stereocenters. The Morgan fingerprint density at radius 3 is 2.57 bits per heavy atom. The van der Waals surface area contributed by atoms with Crippen LogP contribution in [0, 0.1) is 0 Å². The summed E-state index contributed by atoms with van der Waals surface area (Å²) in [5, 5.41) is 17.6. The molecule has 0 bridgehead atoms. The number of hydrogen-bond donors (Lipinski definition) is 2. The van der Waals surface area contributed by atoms with Gasteiger partial charge in [0.1, 0.15) is 0 Å². The fourth-order valence-electron chi connectivity index (χ4n) is 0.974. The first-order valence-corrected chi connectivity index (χ1v) is 3.96. The van der Waals surface area contributed by atoms with Crippen LogP contribution < -0.4 is 0 Å². The number of carboxylic acids is 1. The van der Waals surface area contributed by atoms with Crippen LogP contribution in [-0.4, -0.2) is 46.1 Å². The maximum atomic E-state index is 10.4. The van der Waals surface area contributed by atoms with E-state index in [0.29, 0.717) is 12.1 Å². The van der Waals surface area contributed by atoms with Crippen molar-refractivity contribution in [1.29, 1.82) is 0 Å². The Morgan fingerprint density at radius 1 is 1.57 bits per heavy atom. The van der Waals surface area contributed by atoms with Gasteiger partial charge in [0.15, 0.2) is 0 Å². The molecule has 0 radical (unpaired) electrons. The molecule has 1 aromatic rings. The number of carboxylic acid groups (broad SMARTS) is 1. The quantitative estimate of drug-likeness (QED) is 0.659. The van der Waals surface area contributed by atoms with E-state index in [2.05, 4.69) is 4.98 Å². The summed E-state index contributed by atoms with van der Waals surface area (Å²) in [6, 6.07) is 3.09. The van der Waals surface area contributed by atoms with Crippen molar-refractivity contribution < 1.29 is 15.0 Å². The van der Waals surface area contributed by atoms with Crippen molar-refractivity contribution in [2.45, 2.75) is 19.4 Å². The number of rotatable bonds is 3. The van der Waals surface area contributed by atoms with Crippen LogP contribution in [0.2, 0.25) is 0 Å². The number of aromatic carboxylic acids is 1. The maximum absolute atomic E-state index is 10.4. The molecule has 2 N–H and O–H groups in total. The van der Waals surface area contributed by atoms with Gasteiger partial charge in [0.05, 0.1) is 11.7 Å². The Labute approximate surface area is 94.2 Å². The zero-order chi connectivity index (χ0) is 9.84. The summed E-state index contributed by atoms with van der Waals surface area (Å²) in [6.45, 7) is 1.66. The van der Waals surface area contributed by atoms with Crippen molar-refractivity contribution in [3.63, 3.8) is 0 Å². The number of nitrogens with zero attached hydrogens (tertiary/aromatic N) is 1. The van der Waals surface area contributed by atoms with E-state index < -0.39 is 12.1 Å². The Balaban J connectivity index is 0.00000169. The van der Waals surface area contributed by atoms with Gasteiger partial charge in [0.2, 0.25) is 0 Å². The summed E-state index contributed by atoms with van der Waals surface area (Å²) in [7, 11) is 0. The van der Waals surface area contributed by atoms with E-state index in [4.69, 9.17) is 10.2 Å². The molecule has 0 saturated heterocycles. The van der Waals surface area contributed by atoms with Crippen molar-refractivity contribution in [2.75, 3.05) is 0 Å². The van der Waals surface area contributed by atoms with Gasteiger partial charge in [-0.25, -0.2) is 4.79 Å². The first-order chi connectivity index (χ1) is 6.09. The summed E-state index contributed by atoms with van der Waals surface area (Å²) in [4.78, 5) is 14.3. The van der Waals surface area contributed by atoms with Crippen molar-refractivity contribution >= 4 is 24.8 Å². The van der Waals surface area contributed by atoms with Gasteiger partial charge in [-0.3, -0.25) is 4.98 Å². The molecular formula is C9H12LiNO3. The summed E-state index contributed by atoms with van der Waals surface area (Å²) >= 11 is 0. The van der Waals surface area contributed by atoms with Crippen LogP contribution in [0.4, 0.5) is 0 Å². The molecular weight excluding hydrogens is 177 g/mol. The molecule has 0 aliphatic carbocycles. The van der Waals surface area contributed by atoms with Gasteiger partial charge in [-0.15, -0.1) is 0 Å². The standard InChI is InChI=1S/C9H11NO3.Li.H/c1-6(11)4-8-3-2-7(5-10-8)9(12)13;;/h2-3,5-6,11H,4H2,1H3,(H,12,13);;. The SMILES string of the molecule is CC(O)Cc1ccc(C(=O)O)cn1.[LiH]. The molecule has 1 aromatic heterocycles. The number of hydrogen-bond acceptors (Lipinski definition) is 3. The Bertz CT molecular complexity index is 297. The van der Waals surface area contributed by atoms with Crippen LogP contribution in [0.1, 0.15) is 23.0 Å². The first-order valence-electron chi connectivity index (χ1n) is 3.96. The average Bonchev–Trinajstić information content (AvgIpc) is 2.04. The Morgan fingerprint density at radius 2 is 2.21 bits per heavy atom. The number of carbonyl (C=O) groups is 1. The summed E-state index contributed by atoms with van der Waals surface area (Å²) in [5.41, 5.74) is 0.856. The van der Waals surface area contributed by atoms with Gasteiger partial charge in [0, 0.05) is 18.3 Å². The monoisotopic (exact) mass is 189 g/mol. The Hall–Kier alpha value is -0.823. The zero-order valence-electron chi connectivity index (χ0n) is 7.27. The minimum absolute atomic E-state index is 0. The zero-order valence-corrected chi connectivity index (χ0v) is 7.27. The van der Waals surface area contributed by atoms with E-state index >= 15 is 0 Å². The molecule has 0 aromatic carbocycles. The molecule has 1 heterocycles. The van der Waals surface area contributed by atoms with Gasteiger partial charge in [0.25, 0.3) is 0 Å². The fourth-order valence-corrected chi connectivity index (χ4v) is 0.974. The van der Waals surface area contributed by atoms with Crippen LogP contribution in [0.15, 0.2) is 18.3 Å². The topological polar surface area (TPSA) is 70.4 Å². The normalized spacial score (nSPS) is 11.6. The number of aliphatic hydroxyl groups excluding tert-OH is 1. The number of aliphatic hydroxyl groups is 1. The van der Waals surface area contributed by atoms with Crippen molar-refractivity contribution in [2.24, 2.45) is 0 Å². The van der Waals surface area contributed by atoms with Gasteiger partial charge in [-0.1, -0.05) is 0 Å². The summed E-state index contributed by atoms with van der Waals surface area (Å²) < 4.78 is 0. The molecule has 0 saturated carbocycles. The van der Waals surface area contributed by atoms with Crippen molar-refractivity contribution in [3.8, 4) is 0 Å². The molecule has 4 nitrogen and oxygen atoms in total. The third-order valence-corrected chi connectivity index (χ3v) is 1.58. The second kappa shape index (κ2) is 5.81. The van der Waals surface area contributed by atoms with Crippen molar-refractivity contribution in [3.05, 3.63) is 29.6 Å². The second-order valence-corrected chi connectivity index (χ2v) is 2.90. The van der Waals surface area contributed by atoms with E-state index in [1.54, 1.807) is 13.0 Å². The first kappa shape index (κ1) is 13.2. The van der Waals surface area contributed by atoms with Crippen LogP contribution in [0.5, 0.6) is 0 Å². The van der Waals surface area contributed by atoms with Crippen LogP contribution >= 0.6 is 0 Å².